The van der Waals surface area contributed by atoms with E-state index < -0.39 is 0 Å². The van der Waals surface area contributed by atoms with Crippen LogP contribution in [0.25, 0.3) is 0 Å². The number of rotatable bonds is 15. The Morgan fingerprint density at radius 1 is 0.750 bits per heavy atom. The first-order chi connectivity index (χ1) is 9.78. The molecule has 0 aliphatic carbocycles. The highest BCUT2D eigenvalue weighted by atomic mass is 16.7. The van der Waals surface area contributed by atoms with E-state index in [1.54, 1.807) is 0 Å². The quantitative estimate of drug-likeness (QED) is 0.355. The lowest BCUT2D eigenvalue weighted by Gasteiger charge is -2.23. The zero-order valence-electron chi connectivity index (χ0n) is 14.2. The maximum absolute atomic E-state index is 5.60. The predicted octanol–water partition coefficient (Wildman–Crippen LogP) is 4.50. The second-order valence-corrected chi connectivity index (χ2v) is 5.44. The van der Waals surface area contributed by atoms with Crippen LogP contribution in [0.1, 0.15) is 79.1 Å². The van der Waals surface area contributed by atoms with Crippen LogP contribution in [0.15, 0.2) is 0 Å². The lowest BCUT2D eigenvalue weighted by Crippen LogP contribution is -2.38. The molecule has 0 unspecified atom stereocenters. The summed E-state index contributed by atoms with van der Waals surface area (Å²) in [6, 6.07) is 0.622. The van der Waals surface area contributed by atoms with Gasteiger partial charge in [0.25, 0.3) is 0 Å². The van der Waals surface area contributed by atoms with E-state index in [1.165, 1.54) is 51.4 Å². The van der Waals surface area contributed by atoms with Crippen LogP contribution >= 0.6 is 0 Å². The number of ether oxygens (including phenoxy) is 2. The van der Waals surface area contributed by atoms with Gasteiger partial charge in [-0.05, 0) is 26.7 Å². The van der Waals surface area contributed by atoms with Crippen molar-refractivity contribution in [2.24, 2.45) is 0 Å². The fourth-order valence-corrected chi connectivity index (χ4v) is 2.43. The van der Waals surface area contributed by atoms with E-state index in [9.17, 15) is 0 Å². The molecule has 3 heteroatoms. The normalized spacial score (nSPS) is 11.7. The van der Waals surface area contributed by atoms with E-state index >= 15 is 0 Å². The van der Waals surface area contributed by atoms with Crippen LogP contribution < -0.4 is 5.32 Å². The Hall–Kier alpha value is -0.120. The molecular weight excluding hydrogens is 250 g/mol. The minimum atomic E-state index is -0.0927. The van der Waals surface area contributed by atoms with Crippen molar-refractivity contribution in [1.29, 1.82) is 0 Å². The van der Waals surface area contributed by atoms with Gasteiger partial charge in [0.2, 0.25) is 0 Å². The smallest absolute Gasteiger partial charge is 0.169 e. The number of hydrogen-bond acceptors (Lipinski definition) is 3. The molecule has 0 heterocycles. The monoisotopic (exact) mass is 287 g/mol. The van der Waals surface area contributed by atoms with Gasteiger partial charge in [-0.1, -0.05) is 52.4 Å². The fourth-order valence-electron chi connectivity index (χ4n) is 2.43. The van der Waals surface area contributed by atoms with E-state index in [0.717, 1.165) is 6.54 Å². The Labute approximate surface area is 126 Å². The third-order valence-electron chi connectivity index (χ3n) is 3.59. The van der Waals surface area contributed by atoms with Crippen molar-refractivity contribution >= 4 is 0 Å². The molecule has 0 rings (SSSR count). The molecule has 20 heavy (non-hydrogen) atoms. The summed E-state index contributed by atoms with van der Waals surface area (Å²) in [5, 5.41) is 3.66. The zero-order chi connectivity index (χ0) is 15.1. The van der Waals surface area contributed by atoms with Crippen LogP contribution in [0.2, 0.25) is 0 Å². The van der Waals surface area contributed by atoms with Crippen molar-refractivity contribution in [1.82, 2.24) is 5.32 Å². The second-order valence-electron chi connectivity index (χ2n) is 5.44. The average molecular weight is 287 g/mol. The molecule has 3 nitrogen and oxygen atoms in total. The molecule has 122 valence electrons. The fraction of sp³-hybridized carbons (Fsp3) is 1.00. The van der Waals surface area contributed by atoms with Gasteiger partial charge in [0.1, 0.15) is 0 Å². The molecule has 0 saturated heterocycles. The molecule has 0 aromatic heterocycles. The van der Waals surface area contributed by atoms with Gasteiger partial charge in [-0.15, -0.1) is 0 Å². The zero-order valence-corrected chi connectivity index (χ0v) is 14.2. The standard InChI is InChI=1S/C17H37NO2/c1-5-9-11-13-16(14-12-10-6-2)18-15-17(19-7-3)20-8-4/h16-18H,5-15H2,1-4H3. The third kappa shape index (κ3) is 11.7. The average Bonchev–Trinajstić information content (AvgIpc) is 2.45. The molecule has 0 fully saturated rings. The number of unbranched alkanes of at least 4 members (excludes halogenated alkanes) is 4. The second kappa shape index (κ2) is 15.3. The molecule has 0 aliphatic rings. The molecule has 0 saturated carbocycles. The van der Waals surface area contributed by atoms with Crippen molar-refractivity contribution in [3.63, 3.8) is 0 Å². The summed E-state index contributed by atoms with van der Waals surface area (Å²) < 4.78 is 11.2. The Morgan fingerprint density at radius 3 is 1.65 bits per heavy atom. The van der Waals surface area contributed by atoms with Crippen LogP contribution in [0.5, 0.6) is 0 Å². The van der Waals surface area contributed by atoms with E-state index in [4.69, 9.17) is 9.47 Å². The summed E-state index contributed by atoms with van der Waals surface area (Å²) in [4.78, 5) is 0. The van der Waals surface area contributed by atoms with E-state index in [1.807, 2.05) is 13.8 Å². The molecule has 0 amide bonds. The molecule has 0 atom stereocenters. The first-order valence-electron chi connectivity index (χ1n) is 8.74. The topological polar surface area (TPSA) is 30.5 Å². The summed E-state index contributed by atoms with van der Waals surface area (Å²) >= 11 is 0. The Kier molecular flexibility index (Phi) is 15.2. The Balaban J connectivity index is 4.01. The lowest BCUT2D eigenvalue weighted by atomic mass is 10.0. The summed E-state index contributed by atoms with van der Waals surface area (Å²) in [6.45, 7) is 10.8. The highest BCUT2D eigenvalue weighted by Gasteiger charge is 2.12. The molecule has 0 aliphatic heterocycles. The van der Waals surface area contributed by atoms with Crippen LogP contribution in [0, 0.1) is 0 Å². The van der Waals surface area contributed by atoms with Crippen LogP contribution in [0.4, 0.5) is 0 Å². The summed E-state index contributed by atoms with van der Waals surface area (Å²) in [6.07, 6.45) is 10.4. The van der Waals surface area contributed by atoms with Crippen molar-refractivity contribution in [3.8, 4) is 0 Å². The first-order valence-corrected chi connectivity index (χ1v) is 8.74. The minimum Gasteiger partial charge on any atom is -0.352 e. The summed E-state index contributed by atoms with van der Waals surface area (Å²) in [5.74, 6) is 0. The molecule has 0 aromatic carbocycles. The van der Waals surface area contributed by atoms with Crippen LogP contribution in [-0.4, -0.2) is 32.1 Å². The molecular formula is C17H37NO2. The highest BCUT2D eigenvalue weighted by Crippen LogP contribution is 2.11. The summed E-state index contributed by atoms with van der Waals surface area (Å²) in [7, 11) is 0. The minimum absolute atomic E-state index is 0.0927. The molecule has 0 aromatic rings. The van der Waals surface area contributed by atoms with Crippen LogP contribution in [0.3, 0.4) is 0 Å². The maximum atomic E-state index is 5.60. The summed E-state index contributed by atoms with van der Waals surface area (Å²) in [5.41, 5.74) is 0. The Bertz CT molecular complexity index is 172. The largest absolute Gasteiger partial charge is 0.352 e. The molecule has 0 bridgehead atoms. The Morgan fingerprint density at radius 2 is 1.25 bits per heavy atom. The van der Waals surface area contributed by atoms with Crippen molar-refractivity contribution < 1.29 is 9.47 Å². The van der Waals surface area contributed by atoms with Crippen molar-refractivity contribution in [2.75, 3.05) is 19.8 Å². The predicted molar refractivity (Wildman–Crippen MR) is 87.1 cm³/mol. The first kappa shape index (κ1) is 19.9. The van der Waals surface area contributed by atoms with E-state index in [0.29, 0.717) is 19.3 Å². The van der Waals surface area contributed by atoms with E-state index in [2.05, 4.69) is 19.2 Å². The van der Waals surface area contributed by atoms with Gasteiger partial charge < -0.3 is 14.8 Å². The molecule has 0 spiro atoms. The number of nitrogens with one attached hydrogen (secondary N) is 1. The van der Waals surface area contributed by atoms with Gasteiger partial charge in [0.15, 0.2) is 6.29 Å². The number of hydrogen-bond donors (Lipinski definition) is 1. The third-order valence-corrected chi connectivity index (χ3v) is 3.59. The van der Waals surface area contributed by atoms with Crippen LogP contribution in [-0.2, 0) is 9.47 Å². The van der Waals surface area contributed by atoms with Gasteiger partial charge in [-0.2, -0.15) is 0 Å². The maximum Gasteiger partial charge on any atom is 0.169 e. The SMILES string of the molecule is CCCCCC(CCCCC)NCC(OCC)OCC. The lowest BCUT2D eigenvalue weighted by molar-refractivity contribution is -0.133. The van der Waals surface area contributed by atoms with Gasteiger partial charge in [-0.3, -0.25) is 0 Å². The van der Waals surface area contributed by atoms with Gasteiger partial charge in [0, 0.05) is 25.8 Å². The van der Waals surface area contributed by atoms with Gasteiger partial charge in [0.05, 0.1) is 0 Å². The van der Waals surface area contributed by atoms with Crippen molar-refractivity contribution in [3.05, 3.63) is 0 Å². The molecule has 1 N–H and O–H groups in total. The van der Waals surface area contributed by atoms with Gasteiger partial charge >= 0.3 is 0 Å². The van der Waals surface area contributed by atoms with E-state index in [-0.39, 0.29) is 6.29 Å². The molecule has 0 radical (unpaired) electrons. The van der Waals surface area contributed by atoms with Crippen molar-refractivity contribution in [2.45, 2.75) is 91.4 Å². The van der Waals surface area contributed by atoms with Gasteiger partial charge in [-0.25, -0.2) is 0 Å². The highest BCUT2D eigenvalue weighted by molar-refractivity contribution is 4.68.